The predicted molar refractivity (Wildman–Crippen MR) is 61.1 cm³/mol. The normalized spacial score (nSPS) is 23.7. The molecule has 0 radical (unpaired) electrons. The SMILES string of the molecule is [2H]c1c([2H])c([2H])c(C([2H])([2H])[C@@H](C)N(C)C([2H])([2H])C#C)c([2H])c1[2H]. The van der Waals surface area contributed by atoms with Gasteiger partial charge in [0.1, 0.15) is 0 Å². The summed E-state index contributed by atoms with van der Waals surface area (Å²) in [6.45, 7) is -0.907. The molecule has 1 rings (SSSR count). The van der Waals surface area contributed by atoms with Gasteiger partial charge in [-0.3, -0.25) is 4.90 Å². The molecular weight excluding hydrogens is 170 g/mol. The predicted octanol–water partition coefficient (Wildman–Crippen LogP) is 2.18. The second kappa shape index (κ2) is 5.47. The first-order valence-corrected chi connectivity index (χ1v) is 4.08. The van der Waals surface area contributed by atoms with Crippen LogP contribution in [0.3, 0.4) is 0 Å². The van der Waals surface area contributed by atoms with Gasteiger partial charge in [0.15, 0.2) is 0 Å². The molecule has 1 aromatic rings. The van der Waals surface area contributed by atoms with E-state index >= 15 is 0 Å². The van der Waals surface area contributed by atoms with Crippen LogP contribution >= 0.6 is 0 Å². The van der Waals surface area contributed by atoms with Gasteiger partial charge >= 0.3 is 0 Å². The molecule has 1 aromatic carbocycles. The van der Waals surface area contributed by atoms with Gasteiger partial charge in [-0.15, -0.1) is 6.42 Å². The topological polar surface area (TPSA) is 3.24 Å². The Labute approximate surface area is 99.4 Å². The molecule has 1 nitrogen and oxygen atoms in total. The molecule has 0 unspecified atom stereocenters. The monoisotopic (exact) mass is 196 g/mol. The van der Waals surface area contributed by atoms with E-state index in [1.807, 2.05) is 5.92 Å². The molecule has 0 aliphatic heterocycles. The first-order chi connectivity index (χ1) is 10.3. The highest BCUT2D eigenvalue weighted by atomic mass is 15.1. The maximum Gasteiger partial charge on any atom is 0.0626 e. The van der Waals surface area contributed by atoms with Crippen molar-refractivity contribution in [2.45, 2.75) is 19.3 Å². The lowest BCUT2D eigenvalue weighted by atomic mass is 10.1. The van der Waals surface area contributed by atoms with E-state index in [2.05, 4.69) is 0 Å². The first kappa shape index (κ1) is 3.72. The minimum Gasteiger partial charge on any atom is -0.292 e. The Morgan fingerprint density at radius 2 is 2.21 bits per heavy atom. The molecule has 0 aromatic heterocycles. The minimum atomic E-state index is -2.42. The summed E-state index contributed by atoms with van der Waals surface area (Å²) >= 11 is 0. The highest BCUT2D eigenvalue weighted by molar-refractivity contribution is 5.15. The van der Waals surface area contributed by atoms with Crippen molar-refractivity contribution in [2.75, 3.05) is 13.5 Å². The first-order valence-electron chi connectivity index (χ1n) is 8.58. The quantitative estimate of drug-likeness (QED) is 0.667. The van der Waals surface area contributed by atoms with Gasteiger partial charge in [0.25, 0.3) is 0 Å². The van der Waals surface area contributed by atoms with Crippen LogP contribution in [0.5, 0.6) is 0 Å². The molecule has 0 N–H and O–H groups in total. The number of nitrogens with zero attached hydrogens (tertiary/aromatic N) is 1. The molecule has 1 heteroatoms. The Bertz CT molecular complexity index is 633. The van der Waals surface area contributed by atoms with E-state index in [1.165, 1.54) is 14.0 Å². The van der Waals surface area contributed by atoms with Gasteiger partial charge < -0.3 is 0 Å². The number of rotatable bonds is 4. The molecule has 0 bridgehead atoms. The average Bonchev–Trinajstić information content (AvgIpc) is 2.49. The largest absolute Gasteiger partial charge is 0.292 e. The molecule has 0 heterocycles. The highest BCUT2D eigenvalue weighted by Crippen LogP contribution is 2.06. The summed E-state index contributed by atoms with van der Waals surface area (Å²) in [5, 5.41) is 0. The van der Waals surface area contributed by atoms with Gasteiger partial charge in [-0.1, -0.05) is 36.1 Å². The lowest BCUT2D eigenvalue weighted by molar-refractivity contribution is 0.287. The summed E-state index contributed by atoms with van der Waals surface area (Å²) < 4.78 is 70.3. The molecule has 0 fully saturated rings. The van der Waals surface area contributed by atoms with Crippen molar-refractivity contribution >= 4 is 0 Å². The van der Waals surface area contributed by atoms with Crippen LogP contribution in [0.2, 0.25) is 0 Å². The minimum absolute atomic E-state index is 0.518. The number of hydrogen-bond donors (Lipinski definition) is 0. The van der Waals surface area contributed by atoms with Crippen LogP contribution in [0.1, 0.15) is 24.8 Å². The summed E-state index contributed by atoms with van der Waals surface area (Å²) in [4.78, 5) is 0.952. The number of terminal acetylenes is 1. The zero-order valence-electron chi connectivity index (χ0n) is 17.1. The second-order valence-electron chi connectivity index (χ2n) is 2.69. The number of likely N-dealkylation sites (N-methyl/N-ethyl adjacent to an activating group) is 1. The van der Waals surface area contributed by atoms with E-state index < -0.39 is 54.7 Å². The zero-order chi connectivity index (χ0) is 18.3. The Hall–Kier alpha value is -1.26. The van der Waals surface area contributed by atoms with Crippen molar-refractivity contribution in [3.63, 3.8) is 0 Å². The third-order valence-corrected chi connectivity index (χ3v) is 1.68. The van der Waals surface area contributed by atoms with Gasteiger partial charge in [-0.05, 0) is 25.9 Å². The van der Waals surface area contributed by atoms with E-state index in [0.717, 1.165) is 4.90 Å². The third-order valence-electron chi connectivity index (χ3n) is 1.68. The standard InChI is InChI=1S/C13H17N/c1-4-10-14(3)12(2)11-13-8-6-5-7-9-13/h1,5-9,12H,10-11H2,2-3H3/t12-/m1/s1/i5D,6D,7D,8D,9D,10D2,11D2. The van der Waals surface area contributed by atoms with Crippen LogP contribution in [-0.2, 0) is 6.37 Å². The number of benzene rings is 1. The van der Waals surface area contributed by atoms with E-state index in [9.17, 15) is 0 Å². The molecular formula is C13H17N. The van der Waals surface area contributed by atoms with Crippen LogP contribution in [0.4, 0.5) is 0 Å². The van der Waals surface area contributed by atoms with E-state index in [0.29, 0.717) is 0 Å². The van der Waals surface area contributed by atoms with Gasteiger partial charge in [0.2, 0.25) is 0 Å². The van der Waals surface area contributed by atoms with Gasteiger partial charge in [0, 0.05) is 8.78 Å². The van der Waals surface area contributed by atoms with Crippen molar-refractivity contribution < 1.29 is 12.3 Å². The van der Waals surface area contributed by atoms with Crippen molar-refractivity contribution in [1.82, 2.24) is 4.90 Å². The van der Waals surface area contributed by atoms with E-state index in [1.54, 1.807) is 0 Å². The Kier molecular flexibility index (Phi) is 1.45. The summed E-state index contributed by atoms with van der Waals surface area (Å²) in [6.07, 6.45) is 2.68. The van der Waals surface area contributed by atoms with E-state index in [-0.39, 0.29) is 0 Å². The van der Waals surface area contributed by atoms with Gasteiger partial charge in [-0.25, -0.2) is 0 Å². The summed E-state index contributed by atoms with van der Waals surface area (Å²) in [7, 11) is 1.28. The maximum absolute atomic E-state index is 8.23. The Balaban J connectivity index is 3.55. The smallest absolute Gasteiger partial charge is 0.0626 e. The second-order valence-corrected chi connectivity index (χ2v) is 2.69. The molecule has 0 aliphatic rings. The molecule has 1 atom stereocenters. The lowest BCUT2D eigenvalue weighted by Gasteiger charge is -2.22. The maximum atomic E-state index is 8.23. The zero-order valence-corrected chi connectivity index (χ0v) is 8.10. The van der Waals surface area contributed by atoms with Crippen molar-refractivity contribution in [3.05, 3.63) is 35.8 Å². The van der Waals surface area contributed by atoms with Crippen LogP contribution in [0.15, 0.2) is 30.2 Å². The lowest BCUT2D eigenvalue weighted by Crippen LogP contribution is -2.31. The van der Waals surface area contributed by atoms with Crippen LogP contribution in [0, 0.1) is 12.3 Å². The third kappa shape index (κ3) is 3.24. The Morgan fingerprint density at radius 3 is 2.79 bits per heavy atom. The van der Waals surface area contributed by atoms with E-state index in [4.69, 9.17) is 18.8 Å². The van der Waals surface area contributed by atoms with Crippen molar-refractivity contribution in [3.8, 4) is 12.3 Å². The summed E-state index contributed by atoms with van der Waals surface area (Å²) in [6, 6.07) is -4.37. The summed E-state index contributed by atoms with van der Waals surface area (Å²) in [5.41, 5.74) is -0.518. The fourth-order valence-electron chi connectivity index (χ4n) is 0.827. The molecule has 0 amide bonds. The molecule has 0 saturated heterocycles. The van der Waals surface area contributed by atoms with Crippen molar-refractivity contribution in [1.29, 1.82) is 0 Å². The highest BCUT2D eigenvalue weighted by Gasteiger charge is 2.07. The van der Waals surface area contributed by atoms with Crippen molar-refractivity contribution in [2.24, 2.45) is 0 Å². The average molecular weight is 196 g/mol. The molecule has 14 heavy (non-hydrogen) atoms. The van der Waals surface area contributed by atoms with Gasteiger partial charge in [-0.2, -0.15) is 0 Å². The molecule has 74 valence electrons. The molecule has 0 saturated carbocycles. The fraction of sp³-hybridized carbons (Fsp3) is 0.385. The van der Waals surface area contributed by atoms with Crippen LogP contribution < -0.4 is 0 Å². The van der Waals surface area contributed by atoms with Gasteiger partial charge in [0.05, 0.1) is 16.1 Å². The van der Waals surface area contributed by atoms with Crippen LogP contribution in [-0.4, -0.2) is 24.5 Å². The summed E-state index contributed by atoms with van der Waals surface area (Å²) in [5.74, 6) is 1.90. The Morgan fingerprint density at radius 1 is 1.57 bits per heavy atom. The number of hydrogen-bond acceptors (Lipinski definition) is 1. The fourth-order valence-corrected chi connectivity index (χ4v) is 0.827. The molecule has 0 spiro atoms. The van der Waals surface area contributed by atoms with Crippen LogP contribution in [0.25, 0.3) is 0 Å². The molecule has 0 aliphatic carbocycles.